The van der Waals surface area contributed by atoms with Crippen LogP contribution in [0, 0.1) is 0 Å². The first-order valence-corrected chi connectivity index (χ1v) is 11.1. The molecular formula is C23H21BN5O3S. The molecule has 2 amide bonds. The minimum absolute atomic E-state index is 0.378. The first kappa shape index (κ1) is 22.4. The molecule has 0 aliphatic carbocycles. The monoisotopic (exact) mass is 458 g/mol. The second kappa shape index (κ2) is 10.2. The highest BCUT2D eigenvalue weighted by Crippen LogP contribution is 2.28. The summed E-state index contributed by atoms with van der Waals surface area (Å²) in [6.45, 7) is 1.30. The molecule has 0 spiro atoms. The Labute approximate surface area is 195 Å². The fourth-order valence-corrected chi connectivity index (χ4v) is 3.92. The summed E-state index contributed by atoms with van der Waals surface area (Å²) in [7, 11) is 1.79. The van der Waals surface area contributed by atoms with E-state index < -0.39 is 24.5 Å². The Balaban J connectivity index is 1.43. The Hall–Kier alpha value is -3.76. The minimum Gasteiger partial charge on any atom is -0.402 e. The van der Waals surface area contributed by atoms with E-state index in [-0.39, 0.29) is 0 Å². The predicted molar refractivity (Wildman–Crippen MR) is 129 cm³/mol. The molecule has 33 heavy (non-hydrogen) atoms. The summed E-state index contributed by atoms with van der Waals surface area (Å²) >= 11 is 1.27. The number of carbonyl (C=O) groups is 2. The molecule has 1 atom stereocenters. The molecule has 4 aromatic rings. The van der Waals surface area contributed by atoms with E-state index in [1.54, 1.807) is 42.7 Å². The van der Waals surface area contributed by atoms with Gasteiger partial charge in [0.15, 0.2) is 5.13 Å². The van der Waals surface area contributed by atoms with Crippen molar-refractivity contribution in [2.75, 3.05) is 11.9 Å². The minimum atomic E-state index is -1.10. The van der Waals surface area contributed by atoms with Crippen molar-refractivity contribution in [2.24, 2.45) is 0 Å². The molecule has 0 saturated heterocycles. The topological polar surface area (TPSA) is 109 Å². The number of aliphatic hydroxyl groups excluding tert-OH is 1. The lowest BCUT2D eigenvalue weighted by atomic mass is 10.0. The van der Waals surface area contributed by atoms with Gasteiger partial charge in [0.1, 0.15) is 6.04 Å². The fourth-order valence-electron chi connectivity index (χ4n) is 3.20. The van der Waals surface area contributed by atoms with Crippen LogP contribution in [0.4, 0.5) is 5.13 Å². The third-order valence-corrected chi connectivity index (χ3v) is 5.74. The van der Waals surface area contributed by atoms with Gasteiger partial charge in [-0.1, -0.05) is 25.0 Å². The number of rotatable bonds is 8. The maximum Gasteiger partial charge on any atom is 0.253 e. The van der Waals surface area contributed by atoms with Crippen LogP contribution in [0.1, 0.15) is 10.4 Å². The first-order chi connectivity index (χ1) is 16.1. The highest BCUT2D eigenvalue weighted by atomic mass is 32.1. The van der Waals surface area contributed by atoms with Gasteiger partial charge >= 0.3 is 0 Å². The van der Waals surface area contributed by atoms with Gasteiger partial charge in [0, 0.05) is 29.5 Å². The number of amides is 2. The third kappa shape index (κ3) is 5.36. The molecule has 0 aliphatic heterocycles. The van der Waals surface area contributed by atoms with Gasteiger partial charge in [-0.15, -0.1) is 11.3 Å². The average molecular weight is 458 g/mol. The van der Waals surface area contributed by atoms with Crippen LogP contribution in [0.25, 0.3) is 22.4 Å². The number of pyridine rings is 1. The van der Waals surface area contributed by atoms with Crippen LogP contribution in [-0.4, -0.2) is 51.4 Å². The van der Waals surface area contributed by atoms with E-state index in [2.05, 4.69) is 20.6 Å². The molecule has 3 N–H and O–H groups in total. The van der Waals surface area contributed by atoms with E-state index in [1.807, 2.05) is 48.6 Å². The number of hydrogen-bond donors (Lipinski definition) is 3. The number of nitrogens with one attached hydrogen (secondary N) is 2. The zero-order chi connectivity index (χ0) is 23.2. The molecule has 3 heterocycles. The summed E-state index contributed by atoms with van der Waals surface area (Å²) in [4.78, 5) is 33.6. The van der Waals surface area contributed by atoms with Gasteiger partial charge in [-0.2, -0.15) is 0 Å². The number of carbonyl (C=O) groups excluding carboxylic acids is 2. The van der Waals surface area contributed by atoms with Crippen LogP contribution in [0.3, 0.4) is 0 Å². The summed E-state index contributed by atoms with van der Waals surface area (Å²) in [6.07, 6.45) is 6.85. The largest absolute Gasteiger partial charge is 0.402 e. The number of thiazole rings is 1. The SMILES string of the molecule is C[B]n1ccc(C(=O)NC(CO)C(=O)Nc2nc(-c3cccc(-c4ccncc4)c3)cs2)c1. The molecule has 10 heteroatoms. The van der Waals surface area contributed by atoms with Crippen molar-refractivity contribution in [1.82, 2.24) is 19.8 Å². The highest BCUT2D eigenvalue weighted by molar-refractivity contribution is 7.14. The Kier molecular flexibility index (Phi) is 6.96. The predicted octanol–water partition coefficient (Wildman–Crippen LogP) is 2.92. The lowest BCUT2D eigenvalue weighted by molar-refractivity contribution is -0.118. The molecule has 165 valence electrons. The lowest BCUT2D eigenvalue weighted by Crippen LogP contribution is -2.46. The van der Waals surface area contributed by atoms with E-state index in [0.29, 0.717) is 16.4 Å². The highest BCUT2D eigenvalue weighted by Gasteiger charge is 2.22. The number of aromatic nitrogens is 3. The van der Waals surface area contributed by atoms with Crippen LogP contribution < -0.4 is 10.6 Å². The van der Waals surface area contributed by atoms with Gasteiger partial charge in [-0.3, -0.25) is 14.6 Å². The number of anilines is 1. The Morgan fingerprint density at radius 3 is 2.67 bits per heavy atom. The van der Waals surface area contributed by atoms with Crippen molar-refractivity contribution in [1.29, 1.82) is 0 Å². The van der Waals surface area contributed by atoms with Crippen molar-refractivity contribution in [2.45, 2.75) is 12.9 Å². The molecule has 3 aromatic heterocycles. The summed E-state index contributed by atoms with van der Waals surface area (Å²) in [5.41, 5.74) is 4.10. The van der Waals surface area contributed by atoms with Gasteiger partial charge in [-0.05, 0) is 41.6 Å². The van der Waals surface area contributed by atoms with Crippen molar-refractivity contribution < 1.29 is 14.7 Å². The van der Waals surface area contributed by atoms with Crippen LogP contribution in [0.2, 0.25) is 6.82 Å². The molecule has 1 radical (unpaired) electrons. The number of nitrogens with zero attached hydrogens (tertiary/aromatic N) is 3. The molecule has 0 bridgehead atoms. The van der Waals surface area contributed by atoms with Gasteiger partial charge in [0.05, 0.1) is 17.9 Å². The van der Waals surface area contributed by atoms with Crippen LogP contribution in [0.15, 0.2) is 72.6 Å². The number of benzene rings is 1. The molecular weight excluding hydrogens is 437 g/mol. The zero-order valence-corrected chi connectivity index (χ0v) is 18.6. The van der Waals surface area contributed by atoms with E-state index in [0.717, 1.165) is 16.7 Å². The smallest absolute Gasteiger partial charge is 0.253 e. The van der Waals surface area contributed by atoms with Gasteiger partial charge in [0.2, 0.25) is 7.41 Å². The molecule has 0 fully saturated rings. The summed E-state index contributed by atoms with van der Waals surface area (Å²) in [6, 6.07) is 12.3. The molecule has 4 rings (SSSR count). The van der Waals surface area contributed by atoms with Crippen molar-refractivity contribution in [3.05, 3.63) is 78.2 Å². The normalized spacial score (nSPS) is 11.6. The lowest BCUT2D eigenvalue weighted by Gasteiger charge is -2.14. The van der Waals surface area contributed by atoms with E-state index in [4.69, 9.17) is 0 Å². The maximum absolute atomic E-state index is 12.6. The van der Waals surface area contributed by atoms with Crippen LogP contribution >= 0.6 is 11.3 Å². The van der Waals surface area contributed by atoms with Gasteiger partial charge in [-0.25, -0.2) is 4.98 Å². The Bertz CT molecular complexity index is 1260. The van der Waals surface area contributed by atoms with Crippen LogP contribution in [0.5, 0.6) is 0 Å². The summed E-state index contributed by atoms with van der Waals surface area (Å²) in [5.74, 6) is -0.990. The van der Waals surface area contributed by atoms with Gasteiger partial charge in [0.25, 0.3) is 11.8 Å². The van der Waals surface area contributed by atoms with Crippen molar-refractivity contribution in [3.8, 4) is 22.4 Å². The first-order valence-electron chi connectivity index (χ1n) is 10.2. The van der Waals surface area contributed by atoms with Crippen molar-refractivity contribution in [3.63, 3.8) is 0 Å². The van der Waals surface area contributed by atoms with E-state index in [1.165, 1.54) is 11.3 Å². The average Bonchev–Trinajstić information content (AvgIpc) is 3.53. The van der Waals surface area contributed by atoms with E-state index >= 15 is 0 Å². The van der Waals surface area contributed by atoms with Gasteiger partial charge < -0.3 is 20.2 Å². The number of aliphatic hydroxyl groups is 1. The standard InChI is InChI=1S/C23H21BN5O3S/c1-24-29-10-7-18(12-29)21(31)26-19(13-30)22(32)28-23-27-20(14-33-23)17-4-2-3-16(11-17)15-5-8-25-9-6-15/h2-12,14,19,30H,13H2,1H3,(H,26,31)(H,27,28,32). The Morgan fingerprint density at radius 1 is 1.15 bits per heavy atom. The fraction of sp³-hybridized carbons (Fsp3) is 0.130. The maximum atomic E-state index is 12.6. The molecule has 1 unspecified atom stereocenters. The Morgan fingerprint density at radius 2 is 1.94 bits per heavy atom. The number of hydrogen-bond acceptors (Lipinski definition) is 6. The molecule has 0 saturated carbocycles. The quantitative estimate of drug-likeness (QED) is 0.352. The molecule has 0 aliphatic rings. The van der Waals surface area contributed by atoms with Crippen LogP contribution in [-0.2, 0) is 4.79 Å². The second-order valence-electron chi connectivity index (χ2n) is 7.16. The summed E-state index contributed by atoms with van der Waals surface area (Å²) in [5, 5.41) is 17.1. The third-order valence-electron chi connectivity index (χ3n) is 4.99. The molecule has 1 aromatic carbocycles. The summed E-state index contributed by atoms with van der Waals surface area (Å²) < 4.78 is 1.73. The molecule has 8 nitrogen and oxygen atoms in total. The zero-order valence-electron chi connectivity index (χ0n) is 17.8. The second-order valence-corrected chi connectivity index (χ2v) is 8.02. The van der Waals surface area contributed by atoms with E-state index in [9.17, 15) is 14.7 Å². The van der Waals surface area contributed by atoms with Crippen molar-refractivity contribution >= 4 is 35.7 Å².